The molecule has 1 fully saturated rings. The number of nitrogens with one attached hydrogen (secondary N) is 1. The Bertz CT molecular complexity index is 394. The molecule has 1 aromatic heterocycles. The molecule has 0 aliphatic carbocycles. The van der Waals surface area contributed by atoms with E-state index >= 15 is 0 Å². The molecule has 2 N–H and O–H groups in total. The summed E-state index contributed by atoms with van der Waals surface area (Å²) >= 11 is 0. The molecule has 1 aliphatic heterocycles. The van der Waals surface area contributed by atoms with E-state index in [0.717, 1.165) is 32.1 Å². The van der Waals surface area contributed by atoms with Gasteiger partial charge in [-0.25, -0.2) is 14.8 Å². The smallest absolute Gasteiger partial charge is 0.475 e. The first-order chi connectivity index (χ1) is 8.91. The predicted octanol–water partition coefficient (Wildman–Crippen LogP) is 0.519. The first-order valence-electron chi connectivity index (χ1n) is 5.44. The summed E-state index contributed by atoms with van der Waals surface area (Å²) in [6.07, 6.45) is -1.52. The summed E-state index contributed by atoms with van der Waals surface area (Å²) < 4.78 is 31.7. The van der Waals surface area contributed by atoms with Gasteiger partial charge in [0, 0.05) is 38.6 Å². The molecule has 1 saturated heterocycles. The lowest BCUT2D eigenvalue weighted by Gasteiger charge is -2.26. The van der Waals surface area contributed by atoms with Gasteiger partial charge < -0.3 is 15.3 Å². The van der Waals surface area contributed by atoms with Crippen molar-refractivity contribution in [1.29, 1.82) is 0 Å². The molecular formula is C10H13F3N4O2. The van der Waals surface area contributed by atoms with Crippen molar-refractivity contribution in [2.45, 2.75) is 6.18 Å². The summed E-state index contributed by atoms with van der Waals surface area (Å²) in [5, 5.41) is 10.4. The second-order valence-electron chi connectivity index (χ2n) is 3.59. The van der Waals surface area contributed by atoms with Crippen molar-refractivity contribution in [3.8, 4) is 0 Å². The van der Waals surface area contributed by atoms with E-state index in [1.54, 1.807) is 12.4 Å². The number of nitrogens with zero attached hydrogens (tertiary/aromatic N) is 3. The number of aromatic nitrogens is 2. The SMILES string of the molecule is O=C(O)C(F)(F)F.c1cnc(N2CCNCC2)nc1. The van der Waals surface area contributed by atoms with E-state index in [-0.39, 0.29) is 0 Å². The van der Waals surface area contributed by atoms with Gasteiger partial charge in [0.15, 0.2) is 0 Å². The summed E-state index contributed by atoms with van der Waals surface area (Å²) in [5.41, 5.74) is 0. The van der Waals surface area contributed by atoms with E-state index in [0.29, 0.717) is 0 Å². The fourth-order valence-corrected chi connectivity index (χ4v) is 1.32. The Kier molecular flexibility index (Phi) is 5.49. The van der Waals surface area contributed by atoms with Crippen LogP contribution in [0.4, 0.5) is 19.1 Å². The second-order valence-corrected chi connectivity index (χ2v) is 3.59. The predicted molar refractivity (Wildman–Crippen MR) is 60.8 cm³/mol. The molecule has 6 nitrogen and oxygen atoms in total. The van der Waals surface area contributed by atoms with Gasteiger partial charge in [-0.15, -0.1) is 0 Å². The number of aliphatic carboxylic acids is 1. The number of anilines is 1. The molecule has 0 atom stereocenters. The Morgan fingerprint density at radius 2 is 1.74 bits per heavy atom. The van der Waals surface area contributed by atoms with Gasteiger partial charge in [0.05, 0.1) is 0 Å². The van der Waals surface area contributed by atoms with Crippen molar-refractivity contribution in [3.63, 3.8) is 0 Å². The van der Waals surface area contributed by atoms with Gasteiger partial charge in [0.2, 0.25) is 5.95 Å². The van der Waals surface area contributed by atoms with Gasteiger partial charge >= 0.3 is 12.1 Å². The zero-order valence-corrected chi connectivity index (χ0v) is 9.89. The molecule has 0 unspecified atom stereocenters. The molecule has 106 valence electrons. The lowest BCUT2D eigenvalue weighted by Crippen LogP contribution is -2.44. The molecule has 1 aromatic rings. The highest BCUT2D eigenvalue weighted by atomic mass is 19.4. The zero-order chi connectivity index (χ0) is 14.3. The maximum atomic E-state index is 10.6. The van der Waals surface area contributed by atoms with Gasteiger partial charge in [-0.2, -0.15) is 13.2 Å². The van der Waals surface area contributed by atoms with Crippen LogP contribution >= 0.6 is 0 Å². The van der Waals surface area contributed by atoms with Crippen LogP contribution in [0.1, 0.15) is 0 Å². The van der Waals surface area contributed by atoms with E-state index in [2.05, 4.69) is 20.2 Å². The fraction of sp³-hybridized carbons (Fsp3) is 0.500. The number of hydrogen-bond acceptors (Lipinski definition) is 5. The van der Waals surface area contributed by atoms with Crippen molar-refractivity contribution in [3.05, 3.63) is 18.5 Å². The largest absolute Gasteiger partial charge is 0.490 e. The number of carboxylic acids is 1. The third-order valence-corrected chi connectivity index (χ3v) is 2.19. The zero-order valence-electron chi connectivity index (χ0n) is 9.89. The first-order valence-corrected chi connectivity index (χ1v) is 5.44. The summed E-state index contributed by atoms with van der Waals surface area (Å²) in [6, 6.07) is 1.84. The molecule has 1 aliphatic rings. The Labute approximate surface area is 107 Å². The van der Waals surface area contributed by atoms with Crippen LogP contribution in [0, 0.1) is 0 Å². The molecule has 9 heteroatoms. The highest BCUT2D eigenvalue weighted by molar-refractivity contribution is 5.73. The molecule has 0 amide bonds. The van der Waals surface area contributed by atoms with Gasteiger partial charge in [-0.1, -0.05) is 0 Å². The van der Waals surface area contributed by atoms with Crippen LogP contribution < -0.4 is 10.2 Å². The summed E-state index contributed by atoms with van der Waals surface area (Å²) in [5.74, 6) is -1.91. The standard InChI is InChI=1S/C8H12N4.C2HF3O2/c1-2-10-8(11-3-1)12-6-4-9-5-7-12;3-2(4,5)1(6)7/h1-3,9H,4-7H2;(H,6,7). The number of rotatable bonds is 1. The van der Waals surface area contributed by atoms with Crippen LogP contribution in [0.25, 0.3) is 0 Å². The van der Waals surface area contributed by atoms with Gasteiger partial charge in [0.1, 0.15) is 0 Å². The summed E-state index contributed by atoms with van der Waals surface area (Å²) in [6.45, 7) is 4.06. The van der Waals surface area contributed by atoms with Crippen LogP contribution in [-0.4, -0.2) is 53.4 Å². The minimum atomic E-state index is -5.08. The molecule has 0 saturated carbocycles. The fourth-order valence-electron chi connectivity index (χ4n) is 1.32. The second kappa shape index (κ2) is 6.88. The molecule has 0 radical (unpaired) electrons. The number of hydrogen-bond donors (Lipinski definition) is 2. The quantitative estimate of drug-likeness (QED) is 0.779. The molecule has 0 spiro atoms. The maximum absolute atomic E-state index is 10.6. The number of carbonyl (C=O) groups is 1. The Morgan fingerprint density at radius 3 is 2.16 bits per heavy atom. The van der Waals surface area contributed by atoms with Crippen LogP contribution in [0.15, 0.2) is 18.5 Å². The number of piperazine rings is 1. The van der Waals surface area contributed by atoms with Crippen molar-refractivity contribution >= 4 is 11.9 Å². The molecular weight excluding hydrogens is 265 g/mol. The van der Waals surface area contributed by atoms with Crippen molar-refractivity contribution in [1.82, 2.24) is 15.3 Å². The third-order valence-electron chi connectivity index (χ3n) is 2.19. The lowest BCUT2D eigenvalue weighted by molar-refractivity contribution is -0.192. The molecule has 2 rings (SSSR count). The number of halogens is 3. The monoisotopic (exact) mass is 278 g/mol. The first kappa shape index (κ1) is 15.2. The van der Waals surface area contributed by atoms with Crippen LogP contribution in [0.2, 0.25) is 0 Å². The van der Waals surface area contributed by atoms with Crippen molar-refractivity contribution in [2.75, 3.05) is 31.1 Å². The topological polar surface area (TPSA) is 78.3 Å². The van der Waals surface area contributed by atoms with E-state index in [1.807, 2.05) is 6.07 Å². The highest BCUT2D eigenvalue weighted by Gasteiger charge is 2.38. The molecule has 0 aromatic carbocycles. The van der Waals surface area contributed by atoms with E-state index in [9.17, 15) is 13.2 Å². The van der Waals surface area contributed by atoms with Gasteiger partial charge in [0.25, 0.3) is 0 Å². The Morgan fingerprint density at radius 1 is 1.26 bits per heavy atom. The summed E-state index contributed by atoms with van der Waals surface area (Å²) in [4.78, 5) is 19.5. The average Bonchev–Trinajstić information content (AvgIpc) is 2.40. The molecule has 0 bridgehead atoms. The Hall–Kier alpha value is -1.90. The van der Waals surface area contributed by atoms with Crippen molar-refractivity contribution < 1.29 is 23.1 Å². The molecule has 2 heterocycles. The minimum absolute atomic E-state index is 0.846. The van der Waals surface area contributed by atoms with Crippen molar-refractivity contribution in [2.24, 2.45) is 0 Å². The van der Waals surface area contributed by atoms with E-state index in [1.165, 1.54) is 0 Å². The Balaban J connectivity index is 0.000000224. The number of carboxylic acid groups (broad SMARTS) is 1. The van der Waals surface area contributed by atoms with Gasteiger partial charge in [-0.05, 0) is 6.07 Å². The minimum Gasteiger partial charge on any atom is -0.475 e. The normalized spacial score (nSPS) is 15.4. The molecule has 19 heavy (non-hydrogen) atoms. The van der Waals surface area contributed by atoms with E-state index < -0.39 is 12.1 Å². The average molecular weight is 278 g/mol. The van der Waals surface area contributed by atoms with Crippen LogP contribution in [0.3, 0.4) is 0 Å². The van der Waals surface area contributed by atoms with Gasteiger partial charge in [-0.3, -0.25) is 0 Å². The maximum Gasteiger partial charge on any atom is 0.490 e. The van der Waals surface area contributed by atoms with Crippen LogP contribution in [0.5, 0.6) is 0 Å². The lowest BCUT2D eigenvalue weighted by atomic mass is 10.4. The van der Waals surface area contributed by atoms with Crippen LogP contribution in [-0.2, 0) is 4.79 Å². The third kappa shape index (κ3) is 5.51. The van der Waals surface area contributed by atoms with E-state index in [4.69, 9.17) is 9.90 Å². The highest BCUT2D eigenvalue weighted by Crippen LogP contribution is 2.13. The number of alkyl halides is 3. The summed E-state index contributed by atoms with van der Waals surface area (Å²) in [7, 11) is 0.